The van der Waals surface area contributed by atoms with Crippen molar-refractivity contribution in [1.29, 1.82) is 0 Å². The van der Waals surface area contributed by atoms with E-state index in [-0.39, 0.29) is 5.91 Å². The molecule has 0 saturated carbocycles. The van der Waals surface area contributed by atoms with Gasteiger partial charge in [0.15, 0.2) is 0 Å². The molecular formula is C15H20N4O. The highest BCUT2D eigenvalue weighted by Gasteiger charge is 2.19. The molecule has 2 N–H and O–H groups in total. The van der Waals surface area contributed by atoms with Crippen LogP contribution in [0.5, 0.6) is 0 Å². The largest absolute Gasteiger partial charge is 0.350 e. The number of piperidine rings is 1. The SMILES string of the molecule is CN1CCCCC1CNC(=O)c1ccc2cn[nH]c2c1. The van der Waals surface area contributed by atoms with Gasteiger partial charge in [-0.05, 0) is 38.6 Å². The van der Waals surface area contributed by atoms with E-state index in [1.54, 1.807) is 6.20 Å². The molecule has 1 saturated heterocycles. The third-order valence-electron chi connectivity index (χ3n) is 4.12. The summed E-state index contributed by atoms with van der Waals surface area (Å²) in [6, 6.07) is 6.07. The Kier molecular flexibility index (Phi) is 3.69. The summed E-state index contributed by atoms with van der Waals surface area (Å²) in [5.41, 5.74) is 1.58. The molecule has 5 nitrogen and oxygen atoms in total. The smallest absolute Gasteiger partial charge is 0.251 e. The molecule has 1 aliphatic rings. The number of benzene rings is 1. The first-order chi connectivity index (χ1) is 9.74. The third-order valence-corrected chi connectivity index (χ3v) is 4.12. The Labute approximate surface area is 118 Å². The quantitative estimate of drug-likeness (QED) is 0.895. The van der Waals surface area contributed by atoms with Gasteiger partial charge in [-0.1, -0.05) is 12.5 Å². The van der Waals surface area contributed by atoms with Crippen LogP contribution in [0.3, 0.4) is 0 Å². The van der Waals surface area contributed by atoms with Crippen molar-refractivity contribution in [3.63, 3.8) is 0 Å². The van der Waals surface area contributed by atoms with Crippen LogP contribution in [-0.2, 0) is 0 Å². The zero-order valence-corrected chi connectivity index (χ0v) is 11.7. The first-order valence-corrected chi connectivity index (χ1v) is 7.15. The Morgan fingerprint density at radius 2 is 2.40 bits per heavy atom. The Morgan fingerprint density at radius 3 is 3.25 bits per heavy atom. The van der Waals surface area contributed by atoms with Crippen LogP contribution in [0.1, 0.15) is 29.6 Å². The van der Waals surface area contributed by atoms with Gasteiger partial charge < -0.3 is 10.2 Å². The highest BCUT2D eigenvalue weighted by molar-refractivity contribution is 5.97. The van der Waals surface area contributed by atoms with Crippen molar-refractivity contribution in [2.24, 2.45) is 0 Å². The number of likely N-dealkylation sites (tertiary alicyclic amines) is 1. The number of carbonyl (C=O) groups is 1. The monoisotopic (exact) mass is 272 g/mol. The van der Waals surface area contributed by atoms with Gasteiger partial charge in [-0.15, -0.1) is 0 Å². The molecule has 2 aromatic rings. The van der Waals surface area contributed by atoms with Crippen LogP contribution in [0, 0.1) is 0 Å². The molecule has 1 fully saturated rings. The number of nitrogens with one attached hydrogen (secondary N) is 2. The molecule has 20 heavy (non-hydrogen) atoms. The summed E-state index contributed by atoms with van der Waals surface area (Å²) >= 11 is 0. The number of aromatic amines is 1. The van der Waals surface area contributed by atoms with Gasteiger partial charge in [0.25, 0.3) is 5.91 Å². The van der Waals surface area contributed by atoms with Crippen LogP contribution in [-0.4, -0.2) is 47.2 Å². The van der Waals surface area contributed by atoms with Crippen molar-refractivity contribution in [2.75, 3.05) is 20.1 Å². The lowest BCUT2D eigenvalue weighted by Gasteiger charge is -2.32. The van der Waals surface area contributed by atoms with Crippen LogP contribution in [0.4, 0.5) is 0 Å². The highest BCUT2D eigenvalue weighted by Crippen LogP contribution is 2.15. The van der Waals surface area contributed by atoms with Crippen molar-refractivity contribution >= 4 is 16.8 Å². The zero-order chi connectivity index (χ0) is 13.9. The molecule has 0 radical (unpaired) electrons. The lowest BCUT2D eigenvalue weighted by Crippen LogP contribution is -2.44. The van der Waals surface area contributed by atoms with E-state index in [0.29, 0.717) is 11.6 Å². The normalized spacial score (nSPS) is 20.1. The van der Waals surface area contributed by atoms with E-state index in [9.17, 15) is 4.79 Å². The van der Waals surface area contributed by atoms with E-state index >= 15 is 0 Å². The minimum atomic E-state index is -0.0135. The predicted octanol–water partition coefficient (Wildman–Crippen LogP) is 1.78. The van der Waals surface area contributed by atoms with Gasteiger partial charge in [-0.3, -0.25) is 9.89 Å². The minimum Gasteiger partial charge on any atom is -0.350 e. The summed E-state index contributed by atoms with van der Waals surface area (Å²) < 4.78 is 0. The second-order valence-electron chi connectivity index (χ2n) is 5.51. The van der Waals surface area contributed by atoms with Crippen molar-refractivity contribution in [3.05, 3.63) is 30.0 Å². The van der Waals surface area contributed by atoms with Crippen LogP contribution in [0.25, 0.3) is 10.9 Å². The second-order valence-corrected chi connectivity index (χ2v) is 5.51. The molecule has 1 aliphatic heterocycles. The van der Waals surface area contributed by atoms with E-state index < -0.39 is 0 Å². The van der Waals surface area contributed by atoms with Crippen molar-refractivity contribution in [3.8, 4) is 0 Å². The Morgan fingerprint density at radius 1 is 1.50 bits per heavy atom. The van der Waals surface area contributed by atoms with Crippen molar-refractivity contribution in [2.45, 2.75) is 25.3 Å². The van der Waals surface area contributed by atoms with E-state index in [2.05, 4.69) is 27.5 Å². The van der Waals surface area contributed by atoms with E-state index in [1.165, 1.54) is 12.8 Å². The fraction of sp³-hybridized carbons (Fsp3) is 0.467. The molecule has 1 aromatic heterocycles. The summed E-state index contributed by atoms with van der Waals surface area (Å²) in [6.07, 6.45) is 5.44. The van der Waals surface area contributed by atoms with Crippen LogP contribution in [0.15, 0.2) is 24.4 Å². The Bertz CT molecular complexity index is 607. The Balaban J connectivity index is 1.63. The van der Waals surface area contributed by atoms with Gasteiger partial charge in [0, 0.05) is 23.5 Å². The summed E-state index contributed by atoms with van der Waals surface area (Å²) in [4.78, 5) is 14.5. The van der Waals surface area contributed by atoms with E-state index in [4.69, 9.17) is 0 Å². The van der Waals surface area contributed by atoms with Gasteiger partial charge in [-0.2, -0.15) is 5.10 Å². The number of likely N-dealkylation sites (N-methyl/N-ethyl adjacent to an activating group) is 1. The maximum Gasteiger partial charge on any atom is 0.251 e. The Hall–Kier alpha value is -1.88. The lowest BCUT2D eigenvalue weighted by molar-refractivity contribution is 0.0928. The first kappa shape index (κ1) is 13.1. The van der Waals surface area contributed by atoms with Gasteiger partial charge >= 0.3 is 0 Å². The predicted molar refractivity (Wildman–Crippen MR) is 78.7 cm³/mol. The van der Waals surface area contributed by atoms with E-state index in [0.717, 1.165) is 30.4 Å². The fourth-order valence-electron chi connectivity index (χ4n) is 2.79. The van der Waals surface area contributed by atoms with Gasteiger partial charge in [-0.25, -0.2) is 0 Å². The number of carbonyl (C=O) groups excluding carboxylic acids is 1. The molecule has 2 heterocycles. The molecular weight excluding hydrogens is 252 g/mol. The maximum absolute atomic E-state index is 12.2. The van der Waals surface area contributed by atoms with Gasteiger partial charge in [0.05, 0.1) is 11.7 Å². The number of fused-ring (bicyclic) bond motifs is 1. The molecule has 1 atom stereocenters. The highest BCUT2D eigenvalue weighted by atomic mass is 16.1. The summed E-state index contributed by atoms with van der Waals surface area (Å²) in [5.74, 6) is -0.0135. The number of amides is 1. The number of nitrogens with zero attached hydrogens (tertiary/aromatic N) is 2. The van der Waals surface area contributed by atoms with Crippen molar-refractivity contribution < 1.29 is 4.79 Å². The average Bonchev–Trinajstić information content (AvgIpc) is 2.93. The number of hydrogen-bond acceptors (Lipinski definition) is 3. The number of H-pyrrole nitrogens is 1. The van der Waals surface area contributed by atoms with Crippen LogP contribution < -0.4 is 5.32 Å². The number of rotatable bonds is 3. The van der Waals surface area contributed by atoms with Crippen molar-refractivity contribution in [1.82, 2.24) is 20.4 Å². The maximum atomic E-state index is 12.2. The zero-order valence-electron chi connectivity index (χ0n) is 11.7. The summed E-state index contributed by atoms with van der Waals surface area (Å²) in [7, 11) is 2.13. The molecule has 0 spiro atoms. The molecule has 1 aromatic carbocycles. The molecule has 1 amide bonds. The number of aromatic nitrogens is 2. The molecule has 1 unspecified atom stereocenters. The second kappa shape index (κ2) is 5.63. The lowest BCUT2D eigenvalue weighted by atomic mass is 10.0. The molecule has 5 heteroatoms. The topological polar surface area (TPSA) is 61.0 Å². The van der Waals surface area contributed by atoms with Crippen LogP contribution >= 0.6 is 0 Å². The molecule has 3 rings (SSSR count). The molecule has 106 valence electrons. The minimum absolute atomic E-state index is 0.0135. The van der Waals surface area contributed by atoms with Gasteiger partial charge in [0.2, 0.25) is 0 Å². The number of hydrogen-bond donors (Lipinski definition) is 2. The molecule has 0 aliphatic carbocycles. The fourth-order valence-corrected chi connectivity index (χ4v) is 2.79. The average molecular weight is 272 g/mol. The summed E-state index contributed by atoms with van der Waals surface area (Å²) in [5, 5.41) is 10.9. The third kappa shape index (κ3) is 2.67. The first-order valence-electron chi connectivity index (χ1n) is 7.15. The summed E-state index contributed by atoms with van der Waals surface area (Å²) in [6.45, 7) is 1.84. The van der Waals surface area contributed by atoms with E-state index in [1.807, 2.05) is 18.2 Å². The molecule has 0 bridgehead atoms. The van der Waals surface area contributed by atoms with Crippen LogP contribution in [0.2, 0.25) is 0 Å². The standard InChI is InChI=1S/C15H20N4O/c1-19-7-3-2-4-13(19)10-16-15(20)11-5-6-12-9-17-18-14(12)8-11/h5-6,8-9,13H,2-4,7,10H2,1H3,(H,16,20)(H,17,18). The van der Waals surface area contributed by atoms with Gasteiger partial charge in [0.1, 0.15) is 0 Å².